The van der Waals surface area contributed by atoms with Crippen LogP contribution in [0.1, 0.15) is 48.0 Å². The molecule has 94 valence electrons. The lowest BCUT2D eigenvalue weighted by Crippen LogP contribution is -2.18. The first-order valence-electron chi connectivity index (χ1n) is 5.67. The van der Waals surface area contributed by atoms with Gasteiger partial charge < -0.3 is 10.8 Å². The maximum atomic E-state index is 11.3. The molecule has 3 N–H and O–H groups in total. The molecule has 1 heterocycles. The van der Waals surface area contributed by atoms with E-state index in [1.807, 2.05) is 0 Å². The summed E-state index contributed by atoms with van der Waals surface area (Å²) < 4.78 is 0. The van der Waals surface area contributed by atoms with Gasteiger partial charge in [-0.2, -0.15) is 0 Å². The number of rotatable bonds is 3. The summed E-state index contributed by atoms with van der Waals surface area (Å²) >= 11 is 0. The highest BCUT2D eigenvalue weighted by molar-refractivity contribution is 5.91. The zero-order valence-electron chi connectivity index (χ0n) is 10.9. The summed E-state index contributed by atoms with van der Waals surface area (Å²) in [6, 6.07) is 0. The lowest BCUT2D eigenvalue weighted by atomic mass is 9.84. The van der Waals surface area contributed by atoms with E-state index in [1.165, 1.54) is 0 Å². The zero-order chi connectivity index (χ0) is 13.2. The van der Waals surface area contributed by atoms with Crippen LogP contribution in [0.15, 0.2) is 6.20 Å². The standard InChI is InChI=1S/C13H20N2O2/c1-8-11(12(16)17)10(5-13(2,3)4)9(6-14)7-15-8/h7H,5-6,14H2,1-4H3,(H,16,17). The van der Waals surface area contributed by atoms with Gasteiger partial charge in [0.2, 0.25) is 0 Å². The number of aryl methyl sites for hydroxylation is 1. The van der Waals surface area contributed by atoms with Crippen LogP contribution in [0.25, 0.3) is 0 Å². The molecule has 0 bridgehead atoms. The summed E-state index contributed by atoms with van der Waals surface area (Å²) in [4.78, 5) is 15.4. The quantitative estimate of drug-likeness (QED) is 0.843. The van der Waals surface area contributed by atoms with Crippen molar-refractivity contribution < 1.29 is 9.90 Å². The Morgan fingerprint density at radius 3 is 2.47 bits per heavy atom. The summed E-state index contributed by atoms with van der Waals surface area (Å²) in [6.07, 6.45) is 2.37. The highest BCUT2D eigenvalue weighted by Crippen LogP contribution is 2.26. The fraction of sp³-hybridized carbons (Fsp3) is 0.538. The van der Waals surface area contributed by atoms with Crippen molar-refractivity contribution in [3.8, 4) is 0 Å². The van der Waals surface area contributed by atoms with Crippen LogP contribution in [0.4, 0.5) is 0 Å². The Bertz CT molecular complexity index is 434. The second-order valence-corrected chi connectivity index (χ2v) is 5.47. The normalized spacial score (nSPS) is 11.6. The van der Waals surface area contributed by atoms with Gasteiger partial charge in [0, 0.05) is 12.7 Å². The molecule has 1 aromatic heterocycles. The average molecular weight is 236 g/mol. The van der Waals surface area contributed by atoms with Gasteiger partial charge >= 0.3 is 5.97 Å². The molecule has 0 unspecified atom stereocenters. The molecule has 1 rings (SSSR count). The third-order valence-electron chi connectivity index (χ3n) is 2.61. The number of carbonyl (C=O) groups is 1. The first kappa shape index (κ1) is 13.6. The summed E-state index contributed by atoms with van der Waals surface area (Å²) in [6.45, 7) is 8.27. The lowest BCUT2D eigenvalue weighted by Gasteiger charge is -2.22. The van der Waals surface area contributed by atoms with Crippen LogP contribution >= 0.6 is 0 Å². The molecule has 0 fully saturated rings. The molecule has 0 radical (unpaired) electrons. The fourth-order valence-corrected chi connectivity index (χ4v) is 1.89. The highest BCUT2D eigenvalue weighted by Gasteiger charge is 2.22. The number of aromatic nitrogens is 1. The summed E-state index contributed by atoms with van der Waals surface area (Å²) in [7, 11) is 0. The van der Waals surface area contributed by atoms with Gasteiger partial charge in [-0.3, -0.25) is 4.98 Å². The Kier molecular flexibility index (Phi) is 3.88. The molecule has 0 spiro atoms. The van der Waals surface area contributed by atoms with Crippen LogP contribution in [-0.2, 0) is 13.0 Å². The molecule has 0 aromatic carbocycles. The summed E-state index contributed by atoms with van der Waals surface area (Å²) in [5.74, 6) is -0.926. The van der Waals surface area contributed by atoms with Gasteiger partial charge in [0.15, 0.2) is 0 Å². The summed E-state index contributed by atoms with van der Waals surface area (Å²) in [5, 5.41) is 9.28. The van der Waals surface area contributed by atoms with Gasteiger partial charge in [-0.15, -0.1) is 0 Å². The Morgan fingerprint density at radius 2 is 2.06 bits per heavy atom. The van der Waals surface area contributed by atoms with E-state index in [9.17, 15) is 9.90 Å². The molecule has 0 aliphatic rings. The number of hydrogen-bond donors (Lipinski definition) is 2. The van der Waals surface area contributed by atoms with E-state index in [1.54, 1.807) is 13.1 Å². The predicted octanol–water partition coefficient (Wildman–Crippen LogP) is 2.14. The smallest absolute Gasteiger partial charge is 0.337 e. The minimum atomic E-state index is -0.926. The van der Waals surface area contributed by atoms with Crippen molar-refractivity contribution in [2.45, 2.75) is 40.7 Å². The molecule has 1 aromatic rings. The van der Waals surface area contributed by atoms with Crippen LogP contribution in [0.3, 0.4) is 0 Å². The van der Waals surface area contributed by atoms with E-state index in [0.717, 1.165) is 11.1 Å². The maximum Gasteiger partial charge on any atom is 0.337 e. The maximum absolute atomic E-state index is 11.3. The van der Waals surface area contributed by atoms with E-state index < -0.39 is 5.97 Å². The molecular weight excluding hydrogens is 216 g/mol. The van der Waals surface area contributed by atoms with Gasteiger partial charge in [0.25, 0.3) is 0 Å². The van der Waals surface area contributed by atoms with E-state index in [-0.39, 0.29) is 5.41 Å². The van der Waals surface area contributed by atoms with Crippen molar-refractivity contribution in [3.05, 3.63) is 28.6 Å². The molecular formula is C13H20N2O2. The lowest BCUT2D eigenvalue weighted by molar-refractivity contribution is 0.0693. The second-order valence-electron chi connectivity index (χ2n) is 5.47. The Hall–Kier alpha value is -1.42. The first-order valence-corrected chi connectivity index (χ1v) is 5.67. The van der Waals surface area contributed by atoms with Crippen molar-refractivity contribution >= 4 is 5.97 Å². The van der Waals surface area contributed by atoms with Crippen molar-refractivity contribution in [1.29, 1.82) is 0 Å². The van der Waals surface area contributed by atoms with Crippen molar-refractivity contribution in [1.82, 2.24) is 4.98 Å². The number of hydrogen-bond acceptors (Lipinski definition) is 3. The Labute approximate surface area is 102 Å². The van der Waals surface area contributed by atoms with Crippen molar-refractivity contribution in [2.75, 3.05) is 0 Å². The highest BCUT2D eigenvalue weighted by atomic mass is 16.4. The molecule has 0 atom stereocenters. The monoisotopic (exact) mass is 236 g/mol. The van der Waals surface area contributed by atoms with Crippen LogP contribution in [0, 0.1) is 12.3 Å². The second kappa shape index (κ2) is 4.84. The first-order chi connectivity index (χ1) is 7.76. The van der Waals surface area contributed by atoms with Gasteiger partial charge in [-0.25, -0.2) is 4.79 Å². The van der Waals surface area contributed by atoms with Crippen LogP contribution < -0.4 is 5.73 Å². The zero-order valence-corrected chi connectivity index (χ0v) is 10.9. The number of pyridine rings is 1. The van der Waals surface area contributed by atoms with Gasteiger partial charge in [0.05, 0.1) is 11.3 Å². The third-order valence-corrected chi connectivity index (χ3v) is 2.61. The van der Waals surface area contributed by atoms with Crippen molar-refractivity contribution in [2.24, 2.45) is 11.1 Å². The van der Waals surface area contributed by atoms with Crippen molar-refractivity contribution in [3.63, 3.8) is 0 Å². The van der Waals surface area contributed by atoms with Gasteiger partial charge in [-0.1, -0.05) is 20.8 Å². The summed E-state index contributed by atoms with van der Waals surface area (Å²) in [5.41, 5.74) is 8.17. The van der Waals surface area contributed by atoms with E-state index in [2.05, 4.69) is 25.8 Å². The van der Waals surface area contributed by atoms with Crippen LogP contribution in [0.5, 0.6) is 0 Å². The number of carboxylic acids is 1. The minimum Gasteiger partial charge on any atom is -0.478 e. The van der Waals surface area contributed by atoms with E-state index >= 15 is 0 Å². The molecule has 0 saturated heterocycles. The molecule has 4 heteroatoms. The topological polar surface area (TPSA) is 76.2 Å². The number of carboxylic acid groups (broad SMARTS) is 1. The molecule has 0 saturated carbocycles. The SMILES string of the molecule is Cc1ncc(CN)c(CC(C)(C)C)c1C(=O)O. The number of nitrogens with zero attached hydrogens (tertiary/aromatic N) is 1. The van der Waals surface area contributed by atoms with Crippen LogP contribution in [-0.4, -0.2) is 16.1 Å². The number of aromatic carboxylic acids is 1. The molecule has 0 amide bonds. The van der Waals surface area contributed by atoms with Gasteiger partial charge in [-0.05, 0) is 29.9 Å². The molecule has 17 heavy (non-hydrogen) atoms. The largest absolute Gasteiger partial charge is 0.478 e. The van der Waals surface area contributed by atoms with E-state index in [0.29, 0.717) is 24.2 Å². The van der Waals surface area contributed by atoms with Crippen LogP contribution in [0.2, 0.25) is 0 Å². The Balaban J connectivity index is 3.40. The molecule has 4 nitrogen and oxygen atoms in total. The Morgan fingerprint density at radius 1 is 1.47 bits per heavy atom. The minimum absolute atomic E-state index is 0.0158. The molecule has 0 aliphatic carbocycles. The number of nitrogens with two attached hydrogens (primary N) is 1. The fourth-order valence-electron chi connectivity index (χ4n) is 1.89. The van der Waals surface area contributed by atoms with E-state index in [4.69, 9.17) is 5.73 Å². The third kappa shape index (κ3) is 3.27. The average Bonchev–Trinajstić information content (AvgIpc) is 2.15. The van der Waals surface area contributed by atoms with Gasteiger partial charge in [0.1, 0.15) is 0 Å². The molecule has 0 aliphatic heterocycles. The predicted molar refractivity (Wildman–Crippen MR) is 67.0 cm³/mol.